The van der Waals surface area contributed by atoms with Crippen LogP contribution in [0.5, 0.6) is 0 Å². The highest BCUT2D eigenvalue weighted by molar-refractivity contribution is 9.10. The number of halogens is 2. The van der Waals surface area contributed by atoms with Gasteiger partial charge >= 0.3 is 5.97 Å². The van der Waals surface area contributed by atoms with E-state index in [1.54, 1.807) is 6.07 Å². The Morgan fingerprint density at radius 1 is 1.52 bits per heavy atom. The van der Waals surface area contributed by atoms with Gasteiger partial charge in [-0.1, -0.05) is 22.0 Å². The van der Waals surface area contributed by atoms with Gasteiger partial charge in [0.15, 0.2) is 0 Å². The van der Waals surface area contributed by atoms with E-state index >= 15 is 0 Å². The fourth-order valence-electron chi connectivity index (χ4n) is 2.66. The Hall–Kier alpha value is -0.980. The number of piperidine rings is 1. The van der Waals surface area contributed by atoms with Gasteiger partial charge in [0, 0.05) is 29.2 Å². The lowest BCUT2D eigenvalue weighted by atomic mass is 10.0. The van der Waals surface area contributed by atoms with Gasteiger partial charge in [0.2, 0.25) is 0 Å². The summed E-state index contributed by atoms with van der Waals surface area (Å²) < 4.78 is 20.0. The van der Waals surface area contributed by atoms with Crippen LogP contribution in [-0.4, -0.2) is 41.8 Å². The Labute approximate surface area is 132 Å². The van der Waals surface area contributed by atoms with Crippen molar-refractivity contribution in [2.75, 3.05) is 19.7 Å². The minimum absolute atomic E-state index is 0.00137. The summed E-state index contributed by atoms with van der Waals surface area (Å²) >= 11 is 3.26. The Morgan fingerprint density at radius 3 is 2.76 bits per heavy atom. The number of carboxylic acid groups (broad SMARTS) is 1. The molecule has 6 heteroatoms. The van der Waals surface area contributed by atoms with E-state index in [4.69, 9.17) is 9.84 Å². The number of rotatable bonds is 5. The van der Waals surface area contributed by atoms with E-state index in [-0.39, 0.29) is 24.6 Å². The summed E-state index contributed by atoms with van der Waals surface area (Å²) in [6, 6.07) is 5.13. The Morgan fingerprint density at radius 2 is 2.19 bits per heavy atom. The summed E-state index contributed by atoms with van der Waals surface area (Å²) in [5, 5.41) is 8.61. The zero-order valence-electron chi connectivity index (χ0n) is 11.9. The summed E-state index contributed by atoms with van der Waals surface area (Å²) in [6.45, 7) is 3.30. The largest absolute Gasteiger partial charge is 0.480 e. The molecule has 2 rings (SSSR count). The fraction of sp³-hybridized carbons (Fsp3) is 0.533. The highest BCUT2D eigenvalue weighted by atomic mass is 79.9. The molecule has 0 amide bonds. The second-order valence-corrected chi connectivity index (χ2v) is 6.20. The average Bonchev–Trinajstić information content (AvgIpc) is 2.45. The van der Waals surface area contributed by atoms with Gasteiger partial charge in [-0.05, 0) is 31.9 Å². The maximum absolute atomic E-state index is 14.0. The second kappa shape index (κ2) is 7.33. The molecule has 1 aromatic rings. The molecular formula is C15H19BrFNO3. The number of hydrogen-bond acceptors (Lipinski definition) is 3. The highest BCUT2D eigenvalue weighted by Crippen LogP contribution is 2.28. The molecule has 1 saturated heterocycles. The topological polar surface area (TPSA) is 49.8 Å². The molecule has 116 valence electrons. The lowest BCUT2D eigenvalue weighted by Crippen LogP contribution is -2.39. The van der Waals surface area contributed by atoms with Crippen molar-refractivity contribution in [1.82, 2.24) is 4.90 Å². The van der Waals surface area contributed by atoms with Crippen LogP contribution in [0.2, 0.25) is 0 Å². The van der Waals surface area contributed by atoms with Crippen molar-refractivity contribution < 1.29 is 19.0 Å². The van der Waals surface area contributed by atoms with Crippen molar-refractivity contribution >= 4 is 21.9 Å². The fourth-order valence-corrected chi connectivity index (χ4v) is 2.99. The zero-order chi connectivity index (χ0) is 15.4. The lowest BCUT2D eigenvalue weighted by Gasteiger charge is -2.36. The third-order valence-electron chi connectivity index (χ3n) is 3.88. The normalized spacial score (nSPS) is 18.6. The Balaban J connectivity index is 1.90. The van der Waals surface area contributed by atoms with E-state index in [9.17, 15) is 9.18 Å². The molecule has 0 aliphatic carbocycles. The molecule has 1 aliphatic heterocycles. The molecular weight excluding hydrogens is 341 g/mol. The van der Waals surface area contributed by atoms with Crippen LogP contribution in [0.3, 0.4) is 0 Å². The van der Waals surface area contributed by atoms with Crippen LogP contribution in [0, 0.1) is 5.82 Å². The van der Waals surface area contributed by atoms with Crippen molar-refractivity contribution in [2.45, 2.75) is 31.9 Å². The number of benzene rings is 1. The van der Waals surface area contributed by atoms with Crippen LogP contribution in [-0.2, 0) is 9.53 Å². The summed E-state index contributed by atoms with van der Waals surface area (Å²) in [5.74, 6) is -1.15. The first kappa shape index (κ1) is 16.4. The monoisotopic (exact) mass is 359 g/mol. The maximum Gasteiger partial charge on any atom is 0.329 e. The molecule has 4 nitrogen and oxygen atoms in total. The molecule has 1 fully saturated rings. The SMILES string of the molecule is CC(c1ccc(Br)cc1F)N1CCC(OCC(=O)O)CC1. The van der Waals surface area contributed by atoms with Crippen LogP contribution < -0.4 is 0 Å². The number of ether oxygens (including phenoxy) is 1. The highest BCUT2D eigenvalue weighted by Gasteiger charge is 2.25. The molecule has 0 saturated carbocycles. The standard InChI is InChI=1S/C15H19BrFNO3/c1-10(13-3-2-11(16)8-14(13)17)18-6-4-12(5-7-18)21-9-15(19)20/h2-3,8,10,12H,4-7,9H2,1H3,(H,19,20). The summed E-state index contributed by atoms with van der Waals surface area (Å²) in [4.78, 5) is 12.7. The van der Waals surface area contributed by atoms with Gasteiger partial charge in [0.1, 0.15) is 12.4 Å². The Bertz CT molecular complexity index is 504. The van der Waals surface area contributed by atoms with Crippen LogP contribution in [0.15, 0.2) is 22.7 Å². The Kier molecular flexibility index (Phi) is 5.72. The number of likely N-dealkylation sites (tertiary alicyclic amines) is 1. The minimum Gasteiger partial charge on any atom is -0.480 e. The first-order chi connectivity index (χ1) is 9.97. The smallest absolute Gasteiger partial charge is 0.329 e. The molecule has 1 heterocycles. The zero-order valence-corrected chi connectivity index (χ0v) is 13.5. The third kappa shape index (κ3) is 4.49. The van der Waals surface area contributed by atoms with E-state index in [2.05, 4.69) is 20.8 Å². The second-order valence-electron chi connectivity index (χ2n) is 5.28. The van der Waals surface area contributed by atoms with E-state index in [0.29, 0.717) is 5.56 Å². The quantitative estimate of drug-likeness (QED) is 0.876. The number of hydrogen-bond donors (Lipinski definition) is 1. The molecule has 0 spiro atoms. The molecule has 1 atom stereocenters. The van der Waals surface area contributed by atoms with E-state index in [1.165, 1.54) is 6.07 Å². The molecule has 1 aliphatic rings. The van der Waals surface area contributed by atoms with Crippen molar-refractivity contribution in [3.8, 4) is 0 Å². The molecule has 1 aromatic carbocycles. The van der Waals surface area contributed by atoms with Gasteiger partial charge in [0.05, 0.1) is 6.10 Å². The van der Waals surface area contributed by atoms with Crippen molar-refractivity contribution in [2.24, 2.45) is 0 Å². The van der Waals surface area contributed by atoms with Crippen molar-refractivity contribution in [3.05, 3.63) is 34.1 Å². The van der Waals surface area contributed by atoms with Crippen LogP contribution in [0.4, 0.5) is 4.39 Å². The van der Waals surface area contributed by atoms with Gasteiger partial charge in [0.25, 0.3) is 0 Å². The predicted octanol–water partition coefficient (Wildman–Crippen LogP) is 3.21. The van der Waals surface area contributed by atoms with Gasteiger partial charge < -0.3 is 9.84 Å². The predicted molar refractivity (Wildman–Crippen MR) is 80.7 cm³/mol. The van der Waals surface area contributed by atoms with Crippen LogP contribution >= 0.6 is 15.9 Å². The van der Waals surface area contributed by atoms with Gasteiger partial charge in [-0.15, -0.1) is 0 Å². The van der Waals surface area contributed by atoms with Gasteiger partial charge in [-0.25, -0.2) is 9.18 Å². The first-order valence-electron chi connectivity index (χ1n) is 6.99. The first-order valence-corrected chi connectivity index (χ1v) is 7.79. The van der Waals surface area contributed by atoms with Crippen molar-refractivity contribution in [1.29, 1.82) is 0 Å². The van der Waals surface area contributed by atoms with Crippen LogP contribution in [0.1, 0.15) is 31.4 Å². The molecule has 21 heavy (non-hydrogen) atoms. The molecule has 1 N–H and O–H groups in total. The van der Waals surface area contributed by atoms with E-state index < -0.39 is 5.97 Å². The molecule has 0 aromatic heterocycles. The molecule has 1 unspecified atom stereocenters. The van der Waals surface area contributed by atoms with Gasteiger partial charge in [-0.2, -0.15) is 0 Å². The average molecular weight is 360 g/mol. The molecule has 0 bridgehead atoms. The number of carboxylic acids is 1. The number of aliphatic carboxylic acids is 1. The number of carbonyl (C=O) groups is 1. The van der Waals surface area contributed by atoms with E-state index in [1.807, 2.05) is 13.0 Å². The lowest BCUT2D eigenvalue weighted by molar-refractivity contribution is -0.145. The summed E-state index contributed by atoms with van der Waals surface area (Å²) in [6.07, 6.45) is 1.53. The summed E-state index contributed by atoms with van der Waals surface area (Å²) in [5.41, 5.74) is 0.683. The van der Waals surface area contributed by atoms with Crippen LogP contribution in [0.25, 0.3) is 0 Å². The number of nitrogens with zero attached hydrogens (tertiary/aromatic N) is 1. The summed E-state index contributed by atoms with van der Waals surface area (Å²) in [7, 11) is 0. The third-order valence-corrected chi connectivity index (χ3v) is 4.37. The van der Waals surface area contributed by atoms with E-state index in [0.717, 1.165) is 30.4 Å². The van der Waals surface area contributed by atoms with Gasteiger partial charge in [-0.3, -0.25) is 4.90 Å². The maximum atomic E-state index is 14.0. The molecule has 0 radical (unpaired) electrons. The van der Waals surface area contributed by atoms with Crippen molar-refractivity contribution in [3.63, 3.8) is 0 Å². The minimum atomic E-state index is -0.942.